The van der Waals surface area contributed by atoms with Crippen LogP contribution in [0.4, 0.5) is 0 Å². The molecule has 0 aliphatic heterocycles. The van der Waals surface area contributed by atoms with E-state index in [1.54, 1.807) is 0 Å². The van der Waals surface area contributed by atoms with Crippen molar-refractivity contribution >= 4 is 11.9 Å². The van der Waals surface area contributed by atoms with Gasteiger partial charge in [-0.3, -0.25) is 9.59 Å². The van der Waals surface area contributed by atoms with E-state index in [9.17, 15) is 9.59 Å². The van der Waals surface area contributed by atoms with Crippen molar-refractivity contribution in [2.24, 2.45) is 5.92 Å². The van der Waals surface area contributed by atoms with E-state index in [1.807, 2.05) is 13.0 Å². The van der Waals surface area contributed by atoms with Crippen LogP contribution in [0.15, 0.2) is 18.2 Å². The highest BCUT2D eigenvalue weighted by Gasteiger charge is 2.13. The molecule has 20 heavy (non-hydrogen) atoms. The Labute approximate surface area is 119 Å². The van der Waals surface area contributed by atoms with Crippen molar-refractivity contribution in [3.05, 3.63) is 34.9 Å². The minimum atomic E-state index is -0.828. The Kier molecular flexibility index (Phi) is 4.77. The first-order valence-electron chi connectivity index (χ1n) is 7.14. The summed E-state index contributed by atoms with van der Waals surface area (Å²) >= 11 is 0. The van der Waals surface area contributed by atoms with Crippen molar-refractivity contribution in [3.63, 3.8) is 0 Å². The first-order valence-corrected chi connectivity index (χ1v) is 7.14. The van der Waals surface area contributed by atoms with Gasteiger partial charge in [0.2, 0.25) is 5.91 Å². The molecule has 2 N–H and O–H groups in total. The standard InChI is InChI=1S/C16H21NO3/c1-11(7-16(19)20)10-17-15(18)9-12-5-6-13-3-2-4-14(13)8-12/h5-6,8,11H,2-4,7,9-10H2,1H3,(H,17,18)(H,19,20). The summed E-state index contributed by atoms with van der Waals surface area (Å²) < 4.78 is 0. The number of fused-ring (bicyclic) bond motifs is 1. The topological polar surface area (TPSA) is 66.4 Å². The number of rotatable bonds is 6. The normalized spacial score (nSPS) is 14.7. The van der Waals surface area contributed by atoms with Gasteiger partial charge in [0.1, 0.15) is 0 Å². The maximum atomic E-state index is 11.8. The highest BCUT2D eigenvalue weighted by Crippen LogP contribution is 2.22. The lowest BCUT2D eigenvalue weighted by molar-refractivity contribution is -0.138. The zero-order valence-corrected chi connectivity index (χ0v) is 11.8. The minimum absolute atomic E-state index is 0.0415. The molecule has 1 aliphatic carbocycles. The zero-order chi connectivity index (χ0) is 14.5. The fourth-order valence-corrected chi connectivity index (χ4v) is 2.64. The molecular weight excluding hydrogens is 254 g/mol. The van der Waals surface area contributed by atoms with Gasteiger partial charge in [-0.05, 0) is 41.9 Å². The Balaban J connectivity index is 1.81. The molecule has 0 radical (unpaired) electrons. The Morgan fingerprint density at radius 3 is 2.80 bits per heavy atom. The van der Waals surface area contributed by atoms with Crippen LogP contribution in [0.25, 0.3) is 0 Å². The summed E-state index contributed by atoms with van der Waals surface area (Å²) in [6, 6.07) is 6.27. The molecule has 1 aliphatic rings. The Morgan fingerprint density at radius 2 is 2.05 bits per heavy atom. The predicted molar refractivity (Wildman–Crippen MR) is 76.6 cm³/mol. The van der Waals surface area contributed by atoms with Gasteiger partial charge in [0.15, 0.2) is 0 Å². The lowest BCUT2D eigenvalue weighted by atomic mass is 10.0. The average molecular weight is 275 g/mol. The van der Waals surface area contributed by atoms with Crippen LogP contribution in [0.1, 0.15) is 36.5 Å². The number of carbonyl (C=O) groups excluding carboxylic acids is 1. The summed E-state index contributed by atoms with van der Waals surface area (Å²) in [7, 11) is 0. The second-order valence-corrected chi connectivity index (χ2v) is 5.64. The molecule has 1 unspecified atom stereocenters. The second kappa shape index (κ2) is 6.55. The largest absolute Gasteiger partial charge is 0.481 e. The monoisotopic (exact) mass is 275 g/mol. The number of amides is 1. The van der Waals surface area contributed by atoms with Gasteiger partial charge in [0.05, 0.1) is 6.42 Å². The molecule has 2 rings (SSSR count). The number of carboxylic acids is 1. The number of benzene rings is 1. The van der Waals surface area contributed by atoms with E-state index < -0.39 is 5.97 Å². The first-order chi connectivity index (χ1) is 9.54. The molecule has 0 bridgehead atoms. The van der Waals surface area contributed by atoms with Crippen LogP contribution in [0.5, 0.6) is 0 Å². The van der Waals surface area contributed by atoms with E-state index in [2.05, 4.69) is 17.4 Å². The van der Waals surface area contributed by atoms with Crippen LogP contribution in [0, 0.1) is 5.92 Å². The van der Waals surface area contributed by atoms with Crippen molar-refractivity contribution in [1.29, 1.82) is 0 Å². The number of nitrogens with one attached hydrogen (secondary N) is 1. The van der Waals surface area contributed by atoms with Gasteiger partial charge < -0.3 is 10.4 Å². The highest BCUT2D eigenvalue weighted by atomic mass is 16.4. The molecule has 1 atom stereocenters. The van der Waals surface area contributed by atoms with Gasteiger partial charge in [0, 0.05) is 13.0 Å². The number of carboxylic acid groups (broad SMARTS) is 1. The van der Waals surface area contributed by atoms with Crippen LogP contribution in [0.2, 0.25) is 0 Å². The van der Waals surface area contributed by atoms with Gasteiger partial charge in [-0.15, -0.1) is 0 Å². The fraction of sp³-hybridized carbons (Fsp3) is 0.500. The van der Waals surface area contributed by atoms with Gasteiger partial charge in [-0.1, -0.05) is 25.1 Å². The quantitative estimate of drug-likeness (QED) is 0.834. The molecule has 1 aromatic carbocycles. The van der Waals surface area contributed by atoms with E-state index in [0.717, 1.165) is 18.4 Å². The number of hydrogen-bond acceptors (Lipinski definition) is 2. The van der Waals surface area contributed by atoms with Crippen molar-refractivity contribution in [3.8, 4) is 0 Å². The molecule has 108 valence electrons. The van der Waals surface area contributed by atoms with Crippen LogP contribution in [0.3, 0.4) is 0 Å². The van der Waals surface area contributed by atoms with Crippen LogP contribution >= 0.6 is 0 Å². The van der Waals surface area contributed by atoms with Gasteiger partial charge in [-0.25, -0.2) is 0 Å². The zero-order valence-electron chi connectivity index (χ0n) is 11.8. The SMILES string of the molecule is CC(CNC(=O)Cc1ccc2c(c1)CCC2)CC(=O)O. The summed E-state index contributed by atoms with van der Waals surface area (Å²) in [5.41, 5.74) is 3.81. The molecule has 0 aromatic heterocycles. The molecule has 4 heteroatoms. The Bertz CT molecular complexity index is 510. The third kappa shape index (κ3) is 4.08. The van der Waals surface area contributed by atoms with Crippen LogP contribution < -0.4 is 5.32 Å². The fourth-order valence-electron chi connectivity index (χ4n) is 2.64. The Hall–Kier alpha value is -1.84. The molecule has 1 aromatic rings. The summed E-state index contributed by atoms with van der Waals surface area (Å²) in [4.78, 5) is 22.4. The third-order valence-corrected chi connectivity index (χ3v) is 3.70. The average Bonchev–Trinajstić information content (AvgIpc) is 2.83. The molecule has 1 amide bonds. The minimum Gasteiger partial charge on any atom is -0.481 e. The first kappa shape index (κ1) is 14.6. The Morgan fingerprint density at radius 1 is 1.30 bits per heavy atom. The van der Waals surface area contributed by atoms with Crippen molar-refractivity contribution in [1.82, 2.24) is 5.32 Å². The summed E-state index contributed by atoms with van der Waals surface area (Å²) in [6.07, 6.45) is 3.92. The van der Waals surface area contributed by atoms with E-state index in [-0.39, 0.29) is 18.2 Å². The lowest BCUT2D eigenvalue weighted by Crippen LogP contribution is -2.30. The van der Waals surface area contributed by atoms with E-state index >= 15 is 0 Å². The third-order valence-electron chi connectivity index (χ3n) is 3.70. The molecule has 0 fully saturated rings. The molecule has 0 heterocycles. The molecular formula is C16H21NO3. The number of aryl methyl sites for hydroxylation is 2. The van der Waals surface area contributed by atoms with Gasteiger partial charge in [-0.2, -0.15) is 0 Å². The van der Waals surface area contributed by atoms with Crippen molar-refractivity contribution in [2.75, 3.05) is 6.54 Å². The maximum absolute atomic E-state index is 11.8. The molecule has 0 saturated heterocycles. The van der Waals surface area contributed by atoms with Crippen molar-refractivity contribution in [2.45, 2.75) is 39.0 Å². The number of aliphatic carboxylic acids is 1. The van der Waals surface area contributed by atoms with Gasteiger partial charge >= 0.3 is 5.97 Å². The highest BCUT2D eigenvalue weighted by molar-refractivity contribution is 5.78. The molecule has 0 spiro atoms. The second-order valence-electron chi connectivity index (χ2n) is 5.64. The van der Waals surface area contributed by atoms with E-state index in [4.69, 9.17) is 5.11 Å². The van der Waals surface area contributed by atoms with E-state index in [1.165, 1.54) is 17.5 Å². The van der Waals surface area contributed by atoms with Crippen molar-refractivity contribution < 1.29 is 14.7 Å². The van der Waals surface area contributed by atoms with Crippen LogP contribution in [-0.4, -0.2) is 23.5 Å². The smallest absolute Gasteiger partial charge is 0.303 e. The number of carbonyl (C=O) groups is 2. The number of hydrogen-bond donors (Lipinski definition) is 2. The van der Waals surface area contributed by atoms with E-state index in [0.29, 0.717) is 13.0 Å². The van der Waals surface area contributed by atoms with Gasteiger partial charge in [0.25, 0.3) is 0 Å². The summed E-state index contributed by atoms with van der Waals surface area (Å²) in [5, 5.41) is 11.5. The summed E-state index contributed by atoms with van der Waals surface area (Å²) in [6.45, 7) is 2.24. The predicted octanol–water partition coefficient (Wildman–Crippen LogP) is 1.94. The van der Waals surface area contributed by atoms with Crippen LogP contribution in [-0.2, 0) is 28.9 Å². The molecule has 4 nitrogen and oxygen atoms in total. The molecule has 0 saturated carbocycles. The lowest BCUT2D eigenvalue weighted by Gasteiger charge is -2.11. The maximum Gasteiger partial charge on any atom is 0.303 e. The summed E-state index contributed by atoms with van der Waals surface area (Å²) in [5.74, 6) is -0.915.